The zero-order chi connectivity index (χ0) is 18.9. The van der Waals surface area contributed by atoms with Gasteiger partial charge in [-0.25, -0.2) is 8.42 Å². The Bertz CT molecular complexity index is 1150. The van der Waals surface area contributed by atoms with Crippen LogP contribution in [-0.2, 0) is 23.0 Å². The Hall–Kier alpha value is -2.15. The van der Waals surface area contributed by atoms with E-state index in [9.17, 15) is 8.42 Å². The average Bonchev–Trinajstić information content (AvgIpc) is 3.38. The number of aromatic amines is 1. The van der Waals surface area contributed by atoms with Crippen LogP contribution >= 0.6 is 0 Å². The van der Waals surface area contributed by atoms with Crippen LogP contribution in [0.15, 0.2) is 59.5 Å². The van der Waals surface area contributed by atoms with Crippen LogP contribution in [-0.4, -0.2) is 47.8 Å². The van der Waals surface area contributed by atoms with Crippen molar-refractivity contribution in [3.63, 3.8) is 0 Å². The first-order valence-electron chi connectivity index (χ1n) is 10.0. The predicted octanol–water partition coefficient (Wildman–Crippen LogP) is 2.99. The highest BCUT2D eigenvalue weighted by atomic mass is 32.2. The van der Waals surface area contributed by atoms with Crippen LogP contribution in [0, 0.1) is 5.92 Å². The summed E-state index contributed by atoms with van der Waals surface area (Å²) >= 11 is 0. The highest BCUT2D eigenvalue weighted by molar-refractivity contribution is 7.89. The third-order valence-corrected chi connectivity index (χ3v) is 8.75. The Morgan fingerprint density at radius 3 is 2.61 bits per heavy atom. The second kappa shape index (κ2) is 5.92. The lowest BCUT2D eigenvalue weighted by Crippen LogP contribution is -2.43. The number of para-hydroxylation sites is 1. The molecule has 2 fully saturated rings. The molecule has 3 aliphatic rings. The second-order valence-electron chi connectivity index (χ2n) is 8.36. The fraction of sp³-hybridized carbons (Fsp3) is 0.364. The van der Waals surface area contributed by atoms with Crippen molar-refractivity contribution in [1.29, 1.82) is 0 Å². The van der Waals surface area contributed by atoms with Crippen molar-refractivity contribution in [2.24, 2.45) is 5.92 Å². The van der Waals surface area contributed by atoms with Gasteiger partial charge in [0.1, 0.15) is 0 Å². The topological polar surface area (TPSA) is 56.4 Å². The van der Waals surface area contributed by atoms with Crippen molar-refractivity contribution >= 4 is 20.9 Å². The molecular weight excluding hydrogens is 370 g/mol. The molecule has 0 spiro atoms. The molecule has 0 bridgehead atoms. The van der Waals surface area contributed by atoms with E-state index < -0.39 is 10.0 Å². The smallest absolute Gasteiger partial charge is 0.243 e. The van der Waals surface area contributed by atoms with E-state index in [-0.39, 0.29) is 0 Å². The van der Waals surface area contributed by atoms with Gasteiger partial charge in [-0.1, -0.05) is 36.4 Å². The SMILES string of the molecule is O=S(=O)(c1ccccc1)N1C[C@@H]2C[C@H]3Cc4c([nH]c5ccccc45)CN3[C@@H]2C1. The minimum atomic E-state index is -3.40. The lowest BCUT2D eigenvalue weighted by molar-refractivity contribution is 0.163. The van der Waals surface area contributed by atoms with Crippen LogP contribution in [0.3, 0.4) is 0 Å². The number of nitrogens with one attached hydrogen (secondary N) is 1. The summed E-state index contributed by atoms with van der Waals surface area (Å²) in [7, 11) is -3.40. The van der Waals surface area contributed by atoms with Gasteiger partial charge < -0.3 is 4.98 Å². The van der Waals surface area contributed by atoms with Gasteiger partial charge in [0.2, 0.25) is 10.0 Å². The molecule has 144 valence electrons. The zero-order valence-corrected chi connectivity index (χ0v) is 16.4. The molecule has 0 unspecified atom stereocenters. The Balaban J connectivity index is 1.28. The maximum atomic E-state index is 13.0. The molecule has 2 aromatic carbocycles. The molecule has 0 amide bonds. The van der Waals surface area contributed by atoms with Crippen molar-refractivity contribution in [2.75, 3.05) is 13.1 Å². The molecule has 6 heteroatoms. The normalized spacial score (nSPS) is 27.6. The van der Waals surface area contributed by atoms with E-state index in [1.807, 2.05) is 6.07 Å². The van der Waals surface area contributed by atoms with Gasteiger partial charge in [0, 0.05) is 48.3 Å². The van der Waals surface area contributed by atoms with Crippen LogP contribution in [0.25, 0.3) is 10.9 Å². The molecule has 0 aliphatic carbocycles. The summed E-state index contributed by atoms with van der Waals surface area (Å²) < 4.78 is 27.8. The molecule has 1 aromatic heterocycles. The average molecular weight is 394 g/mol. The van der Waals surface area contributed by atoms with Crippen LogP contribution in [0.5, 0.6) is 0 Å². The minimum absolute atomic E-state index is 0.322. The molecule has 28 heavy (non-hydrogen) atoms. The van der Waals surface area contributed by atoms with Gasteiger partial charge >= 0.3 is 0 Å². The van der Waals surface area contributed by atoms with Crippen molar-refractivity contribution in [3.05, 3.63) is 65.9 Å². The fourth-order valence-electron chi connectivity index (χ4n) is 5.61. The van der Waals surface area contributed by atoms with Crippen molar-refractivity contribution in [2.45, 2.75) is 36.4 Å². The number of benzene rings is 2. The maximum Gasteiger partial charge on any atom is 0.243 e. The third kappa shape index (κ3) is 2.35. The standard InChI is InChI=1S/C22H23N3O2S/c26-28(27,17-6-2-1-3-7-17)24-12-15-10-16-11-19-18-8-4-5-9-20(18)23-21(19)13-25(16)22(15)14-24/h1-9,15-16,22-23H,10-14H2/t15-,16-,22+/m0/s1. The summed E-state index contributed by atoms with van der Waals surface area (Å²) in [4.78, 5) is 6.57. The van der Waals surface area contributed by atoms with E-state index in [0.717, 1.165) is 19.4 Å². The van der Waals surface area contributed by atoms with Crippen LogP contribution < -0.4 is 0 Å². The first-order chi connectivity index (χ1) is 13.6. The molecule has 3 aromatic rings. The lowest BCUT2D eigenvalue weighted by atomic mass is 9.95. The summed E-state index contributed by atoms with van der Waals surface area (Å²) in [5.41, 5.74) is 3.98. The third-order valence-electron chi connectivity index (χ3n) is 6.91. The number of rotatable bonds is 2. The van der Waals surface area contributed by atoms with Crippen molar-refractivity contribution in [3.8, 4) is 0 Å². The quantitative estimate of drug-likeness (QED) is 0.728. The summed E-state index contributed by atoms with van der Waals surface area (Å²) in [5.74, 6) is 0.429. The highest BCUT2D eigenvalue weighted by Crippen LogP contribution is 2.43. The van der Waals surface area contributed by atoms with Crippen molar-refractivity contribution < 1.29 is 8.42 Å². The Morgan fingerprint density at radius 2 is 1.75 bits per heavy atom. The van der Waals surface area contributed by atoms with E-state index >= 15 is 0 Å². The summed E-state index contributed by atoms with van der Waals surface area (Å²) in [5, 5.41) is 1.35. The van der Waals surface area contributed by atoms with E-state index in [1.165, 1.54) is 22.2 Å². The second-order valence-corrected chi connectivity index (χ2v) is 10.3. The molecule has 3 aliphatic heterocycles. The Morgan fingerprint density at radius 1 is 0.964 bits per heavy atom. The van der Waals surface area contributed by atoms with E-state index in [1.54, 1.807) is 28.6 Å². The molecule has 2 saturated heterocycles. The molecular formula is C22H23N3O2S. The fourth-order valence-corrected chi connectivity index (χ4v) is 7.14. The number of sulfonamides is 1. The zero-order valence-electron chi connectivity index (χ0n) is 15.6. The molecule has 5 nitrogen and oxygen atoms in total. The van der Waals surface area contributed by atoms with Gasteiger partial charge in [-0.3, -0.25) is 4.90 Å². The molecule has 1 N–H and O–H groups in total. The van der Waals surface area contributed by atoms with Gasteiger partial charge in [-0.15, -0.1) is 0 Å². The molecule has 0 radical (unpaired) electrons. The molecule has 6 rings (SSSR count). The monoisotopic (exact) mass is 393 g/mol. The van der Waals surface area contributed by atoms with E-state index in [2.05, 4.69) is 34.1 Å². The number of fused-ring (bicyclic) bond motifs is 6. The highest BCUT2D eigenvalue weighted by Gasteiger charge is 2.50. The van der Waals surface area contributed by atoms with Gasteiger partial charge in [0.25, 0.3) is 0 Å². The number of hydrogen-bond donors (Lipinski definition) is 1. The number of aromatic nitrogens is 1. The summed E-state index contributed by atoms with van der Waals surface area (Å²) in [6.45, 7) is 2.15. The largest absolute Gasteiger partial charge is 0.357 e. The Labute approximate surface area is 165 Å². The van der Waals surface area contributed by atoms with Crippen LogP contribution in [0.2, 0.25) is 0 Å². The maximum absolute atomic E-state index is 13.0. The van der Waals surface area contributed by atoms with Crippen molar-refractivity contribution in [1.82, 2.24) is 14.2 Å². The number of nitrogens with zero attached hydrogens (tertiary/aromatic N) is 2. The first kappa shape index (κ1) is 16.8. The lowest BCUT2D eigenvalue weighted by Gasteiger charge is -2.34. The first-order valence-corrected chi connectivity index (χ1v) is 11.4. The van der Waals surface area contributed by atoms with Gasteiger partial charge in [0.05, 0.1) is 4.90 Å². The van der Waals surface area contributed by atoms with Gasteiger partial charge in [0.15, 0.2) is 0 Å². The molecule has 4 heterocycles. The van der Waals surface area contributed by atoms with Crippen LogP contribution in [0.1, 0.15) is 17.7 Å². The van der Waals surface area contributed by atoms with E-state index in [0.29, 0.717) is 36.0 Å². The van der Waals surface area contributed by atoms with E-state index in [4.69, 9.17) is 0 Å². The number of H-pyrrole nitrogens is 1. The Kier molecular flexibility index (Phi) is 3.55. The van der Waals surface area contributed by atoms with Crippen LogP contribution in [0.4, 0.5) is 0 Å². The predicted molar refractivity (Wildman–Crippen MR) is 108 cm³/mol. The van der Waals surface area contributed by atoms with Gasteiger partial charge in [-0.05, 0) is 42.5 Å². The molecule has 3 atom stereocenters. The molecule has 0 saturated carbocycles. The summed E-state index contributed by atoms with van der Waals surface area (Å²) in [6, 6.07) is 18.2. The van der Waals surface area contributed by atoms with Gasteiger partial charge in [-0.2, -0.15) is 4.31 Å². The minimum Gasteiger partial charge on any atom is -0.357 e. The summed E-state index contributed by atoms with van der Waals surface area (Å²) in [6.07, 6.45) is 2.15. The number of hydrogen-bond acceptors (Lipinski definition) is 3.